The number of methoxy groups -OCH3 is 2. The smallest absolute Gasteiger partial charge is 0.234 e. The summed E-state index contributed by atoms with van der Waals surface area (Å²) in [5, 5.41) is 0. The van der Waals surface area contributed by atoms with Crippen LogP contribution < -0.4 is 9.47 Å². The molecule has 26 heavy (non-hydrogen) atoms. The fourth-order valence-electron chi connectivity index (χ4n) is 3.68. The van der Waals surface area contributed by atoms with E-state index in [1.807, 2.05) is 42.3 Å². The lowest BCUT2D eigenvalue weighted by Gasteiger charge is -2.23. The van der Waals surface area contributed by atoms with Gasteiger partial charge in [-0.15, -0.1) is 0 Å². The number of allylic oxidation sites excluding steroid dienone is 2. The molecule has 0 spiro atoms. The average Bonchev–Trinajstić information content (AvgIpc) is 2.91. The van der Waals surface area contributed by atoms with Crippen LogP contribution in [0.15, 0.2) is 30.4 Å². The number of rotatable bonds is 7. The predicted octanol–water partition coefficient (Wildman–Crippen LogP) is 2.09. The first kappa shape index (κ1) is 18.5. The van der Waals surface area contributed by atoms with Crippen LogP contribution in [-0.4, -0.2) is 56.1 Å². The normalized spacial score (nSPS) is 22.1. The molecule has 0 N–H and O–H groups in total. The van der Waals surface area contributed by atoms with E-state index in [1.165, 1.54) is 4.90 Å². The molecule has 2 atom stereocenters. The second kappa shape index (κ2) is 7.91. The third kappa shape index (κ3) is 3.60. The Morgan fingerprint density at radius 2 is 1.65 bits per heavy atom. The number of likely N-dealkylation sites (N-methyl/N-ethyl adjacent to an activating group) is 1. The van der Waals surface area contributed by atoms with Crippen molar-refractivity contribution in [3.05, 3.63) is 35.9 Å². The number of ether oxygens (including phenoxy) is 2. The summed E-state index contributed by atoms with van der Waals surface area (Å²) < 4.78 is 10.6. The van der Waals surface area contributed by atoms with Gasteiger partial charge in [-0.05, 0) is 44.0 Å². The van der Waals surface area contributed by atoms with E-state index < -0.39 is 0 Å². The molecular formula is C20H26N2O4. The van der Waals surface area contributed by atoms with Crippen molar-refractivity contribution in [1.82, 2.24) is 9.80 Å². The van der Waals surface area contributed by atoms with Gasteiger partial charge in [0.2, 0.25) is 11.8 Å². The van der Waals surface area contributed by atoms with E-state index in [0.29, 0.717) is 31.0 Å². The average molecular weight is 358 g/mol. The number of carbonyl (C=O) groups excluding carboxylic acids is 2. The highest BCUT2D eigenvalue weighted by atomic mass is 16.5. The van der Waals surface area contributed by atoms with Crippen LogP contribution in [0.4, 0.5) is 0 Å². The standard InChI is InChI=1S/C20H26N2O4/c1-21(11-10-14-8-9-17(25-2)18(12-14)26-3)13-22-19(23)15-6-4-5-7-16(15)20(22)24/h4-5,8-9,12,15-16H,6-7,10-11,13H2,1-3H3/t15-,16-/m0/s1. The number of amides is 2. The van der Waals surface area contributed by atoms with Crippen molar-refractivity contribution in [2.24, 2.45) is 11.8 Å². The van der Waals surface area contributed by atoms with Crippen LogP contribution in [0, 0.1) is 11.8 Å². The van der Waals surface area contributed by atoms with Crippen LogP contribution in [0.3, 0.4) is 0 Å². The Hall–Kier alpha value is -2.34. The first-order valence-corrected chi connectivity index (χ1v) is 8.94. The van der Waals surface area contributed by atoms with Gasteiger partial charge in [-0.1, -0.05) is 18.2 Å². The second-order valence-corrected chi connectivity index (χ2v) is 6.92. The Kier molecular flexibility index (Phi) is 5.61. The molecule has 140 valence electrons. The first-order valence-electron chi connectivity index (χ1n) is 8.94. The number of fused-ring (bicyclic) bond motifs is 1. The molecule has 3 rings (SSSR count). The zero-order valence-electron chi connectivity index (χ0n) is 15.6. The molecule has 1 aromatic rings. The van der Waals surface area contributed by atoms with E-state index in [-0.39, 0.29) is 23.7 Å². The van der Waals surface area contributed by atoms with Gasteiger partial charge in [0.25, 0.3) is 0 Å². The maximum atomic E-state index is 12.5. The lowest BCUT2D eigenvalue weighted by atomic mass is 9.85. The van der Waals surface area contributed by atoms with Crippen molar-refractivity contribution in [3.8, 4) is 11.5 Å². The molecule has 0 unspecified atom stereocenters. The van der Waals surface area contributed by atoms with E-state index in [4.69, 9.17) is 9.47 Å². The molecular weight excluding hydrogens is 332 g/mol. The maximum Gasteiger partial charge on any atom is 0.234 e. The van der Waals surface area contributed by atoms with Gasteiger partial charge in [-0.25, -0.2) is 0 Å². The van der Waals surface area contributed by atoms with Gasteiger partial charge >= 0.3 is 0 Å². The number of nitrogens with zero attached hydrogens (tertiary/aromatic N) is 2. The van der Waals surface area contributed by atoms with Crippen molar-refractivity contribution in [3.63, 3.8) is 0 Å². The first-order chi connectivity index (χ1) is 12.5. The highest BCUT2D eigenvalue weighted by Crippen LogP contribution is 2.35. The maximum absolute atomic E-state index is 12.5. The Morgan fingerprint density at radius 1 is 1.04 bits per heavy atom. The summed E-state index contributed by atoms with van der Waals surface area (Å²) >= 11 is 0. The van der Waals surface area contributed by atoms with Gasteiger partial charge in [0.1, 0.15) is 0 Å². The summed E-state index contributed by atoms with van der Waals surface area (Å²) in [5.74, 6) is 1.03. The Bertz CT molecular complexity index is 690. The molecule has 1 fully saturated rings. The molecule has 0 saturated carbocycles. The number of carbonyl (C=O) groups is 2. The van der Waals surface area contributed by atoms with Gasteiger partial charge < -0.3 is 9.47 Å². The van der Waals surface area contributed by atoms with Crippen LogP contribution in [0.1, 0.15) is 18.4 Å². The summed E-state index contributed by atoms with van der Waals surface area (Å²) in [5.41, 5.74) is 1.12. The SMILES string of the molecule is COc1ccc(CCN(C)CN2C(=O)[C@H]3CC=CC[C@@H]3C2=O)cc1OC. The molecule has 1 aliphatic carbocycles. The number of benzene rings is 1. The monoisotopic (exact) mass is 358 g/mol. The topological polar surface area (TPSA) is 59.1 Å². The second-order valence-electron chi connectivity index (χ2n) is 6.92. The number of hydrogen-bond donors (Lipinski definition) is 0. The van der Waals surface area contributed by atoms with E-state index in [2.05, 4.69) is 0 Å². The molecule has 0 radical (unpaired) electrons. The summed E-state index contributed by atoms with van der Waals surface area (Å²) in [4.78, 5) is 28.5. The Morgan fingerprint density at radius 3 is 2.23 bits per heavy atom. The lowest BCUT2D eigenvalue weighted by Crippen LogP contribution is -2.40. The zero-order valence-corrected chi connectivity index (χ0v) is 15.6. The molecule has 0 aromatic heterocycles. The zero-order chi connectivity index (χ0) is 18.7. The van der Waals surface area contributed by atoms with Crippen molar-refractivity contribution in [1.29, 1.82) is 0 Å². The fraction of sp³-hybridized carbons (Fsp3) is 0.500. The molecule has 1 saturated heterocycles. The highest BCUT2D eigenvalue weighted by Gasteiger charge is 2.47. The minimum absolute atomic E-state index is 0.0256. The van der Waals surface area contributed by atoms with Crippen molar-refractivity contribution >= 4 is 11.8 Å². The minimum atomic E-state index is -0.160. The largest absolute Gasteiger partial charge is 0.493 e. The van der Waals surface area contributed by atoms with Crippen LogP contribution >= 0.6 is 0 Å². The fourth-order valence-corrected chi connectivity index (χ4v) is 3.68. The summed E-state index contributed by atoms with van der Waals surface area (Å²) in [7, 11) is 5.16. The summed E-state index contributed by atoms with van der Waals surface area (Å²) in [6.45, 7) is 1.08. The van der Waals surface area contributed by atoms with Gasteiger partial charge in [-0.2, -0.15) is 0 Å². The molecule has 1 aromatic carbocycles. The van der Waals surface area contributed by atoms with E-state index in [1.54, 1.807) is 14.2 Å². The Labute approximate surface area is 154 Å². The molecule has 0 bridgehead atoms. The van der Waals surface area contributed by atoms with Crippen molar-refractivity contribution in [2.75, 3.05) is 34.5 Å². The van der Waals surface area contributed by atoms with E-state index in [9.17, 15) is 9.59 Å². The van der Waals surface area contributed by atoms with Gasteiger partial charge in [0.15, 0.2) is 11.5 Å². The molecule has 6 nitrogen and oxygen atoms in total. The molecule has 6 heteroatoms. The van der Waals surface area contributed by atoms with Gasteiger partial charge in [0.05, 0.1) is 32.7 Å². The lowest BCUT2D eigenvalue weighted by molar-refractivity contribution is -0.142. The quantitative estimate of drug-likeness (QED) is 0.552. The van der Waals surface area contributed by atoms with Crippen LogP contribution in [0.25, 0.3) is 0 Å². The third-order valence-corrected chi connectivity index (χ3v) is 5.21. The van der Waals surface area contributed by atoms with Crippen molar-refractivity contribution < 1.29 is 19.1 Å². The van der Waals surface area contributed by atoms with Crippen LogP contribution in [-0.2, 0) is 16.0 Å². The molecule has 2 aliphatic rings. The summed E-state index contributed by atoms with van der Waals surface area (Å²) in [6.07, 6.45) is 6.18. The van der Waals surface area contributed by atoms with E-state index in [0.717, 1.165) is 18.5 Å². The molecule has 1 aliphatic heterocycles. The van der Waals surface area contributed by atoms with Crippen molar-refractivity contribution in [2.45, 2.75) is 19.3 Å². The third-order valence-electron chi connectivity index (χ3n) is 5.21. The number of imide groups is 1. The molecule has 2 amide bonds. The van der Waals surface area contributed by atoms with Gasteiger partial charge in [0, 0.05) is 6.54 Å². The predicted molar refractivity (Wildman–Crippen MR) is 98.0 cm³/mol. The number of hydrogen-bond acceptors (Lipinski definition) is 5. The highest BCUT2D eigenvalue weighted by molar-refractivity contribution is 6.05. The van der Waals surface area contributed by atoms with Crippen LogP contribution in [0.5, 0.6) is 11.5 Å². The number of likely N-dealkylation sites (tertiary alicyclic amines) is 1. The summed E-state index contributed by atoms with van der Waals surface area (Å²) in [6, 6.07) is 5.85. The minimum Gasteiger partial charge on any atom is -0.493 e. The van der Waals surface area contributed by atoms with Gasteiger partial charge in [-0.3, -0.25) is 19.4 Å². The van der Waals surface area contributed by atoms with E-state index >= 15 is 0 Å². The Balaban J connectivity index is 1.57. The van der Waals surface area contributed by atoms with Crippen LogP contribution in [0.2, 0.25) is 0 Å². The molecule has 1 heterocycles.